The minimum atomic E-state index is -1.49. The number of hydrogen-bond acceptors (Lipinski definition) is 0. The Kier molecular flexibility index (Phi) is 3.69. The van der Waals surface area contributed by atoms with E-state index in [9.17, 15) is 0 Å². The molecule has 124 valence electrons. The summed E-state index contributed by atoms with van der Waals surface area (Å²) in [6.45, 7) is 0. The molecule has 5 aromatic rings. The third-order valence-corrected chi connectivity index (χ3v) is 8.26. The van der Waals surface area contributed by atoms with Crippen LogP contribution in [0.4, 0.5) is 0 Å². The number of aromatic nitrogens is 1. The van der Waals surface area contributed by atoms with Gasteiger partial charge in [0.1, 0.15) is 8.80 Å². The smallest absolute Gasteiger partial charge is 0.133 e. The number of benzene rings is 4. The van der Waals surface area contributed by atoms with Crippen LogP contribution in [0.25, 0.3) is 21.8 Å². The van der Waals surface area contributed by atoms with Crippen molar-refractivity contribution in [3.05, 3.63) is 103 Å². The molecule has 1 heterocycles. The standard InChI is InChI=1S/C24H19NSi/c1-3-9-18(10-4-1)26(19-11-5-2-6-12-19)20-15-16-24-22(17-20)21-13-7-8-14-23(21)25-24/h1-17,25-26H. The highest BCUT2D eigenvalue weighted by molar-refractivity contribution is 6.95. The van der Waals surface area contributed by atoms with Gasteiger partial charge in [-0.15, -0.1) is 0 Å². The average Bonchev–Trinajstić information content (AvgIpc) is 3.08. The van der Waals surface area contributed by atoms with Gasteiger partial charge in [-0.25, -0.2) is 0 Å². The molecule has 0 aliphatic heterocycles. The Bertz CT molecular complexity index is 1140. The number of nitrogens with one attached hydrogen (secondary N) is 1. The third-order valence-electron chi connectivity index (χ3n) is 5.13. The Balaban J connectivity index is 1.75. The zero-order chi connectivity index (χ0) is 17.3. The highest BCUT2D eigenvalue weighted by Crippen LogP contribution is 2.24. The van der Waals surface area contributed by atoms with Gasteiger partial charge in [0.15, 0.2) is 0 Å². The Hall–Kier alpha value is -3.10. The molecule has 2 heteroatoms. The number of aromatic amines is 1. The maximum absolute atomic E-state index is 3.54. The molecular formula is C24H19NSi. The van der Waals surface area contributed by atoms with Crippen molar-refractivity contribution in [2.75, 3.05) is 0 Å². The summed E-state index contributed by atoms with van der Waals surface area (Å²) in [5.74, 6) is 0. The first-order valence-corrected chi connectivity index (χ1v) is 10.7. The van der Waals surface area contributed by atoms with E-state index in [0.29, 0.717) is 0 Å². The maximum atomic E-state index is 3.54. The predicted octanol–water partition coefficient (Wildman–Crippen LogP) is 3.57. The van der Waals surface area contributed by atoms with Gasteiger partial charge in [0, 0.05) is 21.8 Å². The highest BCUT2D eigenvalue weighted by Gasteiger charge is 2.19. The first-order valence-electron chi connectivity index (χ1n) is 9.00. The molecular weight excluding hydrogens is 330 g/mol. The molecule has 1 N–H and O–H groups in total. The molecule has 0 aliphatic carbocycles. The molecule has 0 radical (unpaired) electrons. The van der Waals surface area contributed by atoms with Gasteiger partial charge in [0.2, 0.25) is 0 Å². The van der Waals surface area contributed by atoms with E-state index in [4.69, 9.17) is 0 Å². The summed E-state index contributed by atoms with van der Waals surface area (Å²) in [6.07, 6.45) is 0. The molecule has 0 amide bonds. The van der Waals surface area contributed by atoms with Crippen molar-refractivity contribution < 1.29 is 0 Å². The van der Waals surface area contributed by atoms with Gasteiger partial charge in [-0.2, -0.15) is 0 Å². The second kappa shape index (κ2) is 6.32. The quantitative estimate of drug-likeness (QED) is 0.379. The maximum Gasteiger partial charge on any atom is 0.133 e. The van der Waals surface area contributed by atoms with Crippen LogP contribution >= 0.6 is 0 Å². The van der Waals surface area contributed by atoms with Crippen LogP contribution in [-0.2, 0) is 0 Å². The van der Waals surface area contributed by atoms with Gasteiger partial charge in [-0.3, -0.25) is 0 Å². The van der Waals surface area contributed by atoms with Crippen molar-refractivity contribution in [1.29, 1.82) is 0 Å². The molecule has 1 aromatic heterocycles. The number of fused-ring (bicyclic) bond motifs is 3. The van der Waals surface area contributed by atoms with Crippen LogP contribution in [0, 0.1) is 0 Å². The molecule has 0 saturated heterocycles. The van der Waals surface area contributed by atoms with Gasteiger partial charge in [-0.1, -0.05) is 107 Å². The summed E-state index contributed by atoms with van der Waals surface area (Å²) in [5, 5.41) is 7.00. The molecule has 0 aliphatic rings. The average molecular weight is 350 g/mol. The minimum absolute atomic E-state index is 1.21. The Morgan fingerprint density at radius 2 is 1.04 bits per heavy atom. The van der Waals surface area contributed by atoms with E-state index >= 15 is 0 Å². The lowest BCUT2D eigenvalue weighted by Gasteiger charge is -2.17. The molecule has 0 atom stereocenters. The van der Waals surface area contributed by atoms with Gasteiger partial charge >= 0.3 is 0 Å². The summed E-state index contributed by atoms with van der Waals surface area (Å²) >= 11 is 0. The number of para-hydroxylation sites is 1. The third kappa shape index (κ3) is 2.56. The van der Waals surface area contributed by atoms with Crippen LogP contribution in [0.15, 0.2) is 103 Å². The van der Waals surface area contributed by atoms with Crippen LogP contribution in [0.5, 0.6) is 0 Å². The van der Waals surface area contributed by atoms with E-state index < -0.39 is 8.80 Å². The lowest BCUT2D eigenvalue weighted by atomic mass is 10.1. The summed E-state index contributed by atoms with van der Waals surface area (Å²) < 4.78 is 0. The normalized spacial score (nSPS) is 11.4. The highest BCUT2D eigenvalue weighted by atomic mass is 28.3. The topological polar surface area (TPSA) is 15.8 Å². The second-order valence-corrected chi connectivity index (χ2v) is 9.60. The lowest BCUT2D eigenvalue weighted by molar-refractivity contribution is 1.55. The Morgan fingerprint density at radius 3 is 1.73 bits per heavy atom. The molecule has 5 rings (SSSR count). The van der Waals surface area contributed by atoms with Crippen molar-refractivity contribution in [3.63, 3.8) is 0 Å². The zero-order valence-corrected chi connectivity index (χ0v) is 15.5. The number of rotatable bonds is 3. The zero-order valence-electron chi connectivity index (χ0n) is 14.4. The predicted molar refractivity (Wildman–Crippen MR) is 115 cm³/mol. The van der Waals surface area contributed by atoms with Crippen molar-refractivity contribution in [2.45, 2.75) is 0 Å². The van der Waals surface area contributed by atoms with Crippen molar-refractivity contribution in [3.8, 4) is 0 Å². The van der Waals surface area contributed by atoms with Gasteiger partial charge < -0.3 is 4.98 Å². The van der Waals surface area contributed by atoms with Crippen LogP contribution in [0.2, 0.25) is 0 Å². The Morgan fingerprint density at radius 1 is 0.462 bits per heavy atom. The SMILES string of the molecule is c1ccc([SiH](c2ccccc2)c2ccc3[nH]c4ccccc4c3c2)cc1. The van der Waals surface area contributed by atoms with E-state index in [1.54, 1.807) is 0 Å². The summed E-state index contributed by atoms with van der Waals surface area (Å²) in [5.41, 5.74) is 2.42. The second-order valence-electron chi connectivity index (χ2n) is 6.73. The van der Waals surface area contributed by atoms with E-state index in [1.165, 1.54) is 37.4 Å². The summed E-state index contributed by atoms with van der Waals surface area (Å²) in [7, 11) is -1.49. The fourth-order valence-corrected chi connectivity index (χ4v) is 6.90. The number of hydrogen-bond donors (Lipinski definition) is 1. The van der Waals surface area contributed by atoms with Crippen LogP contribution in [0.3, 0.4) is 0 Å². The molecule has 4 aromatic carbocycles. The largest absolute Gasteiger partial charge is 0.355 e. The fourth-order valence-electron chi connectivity index (χ4n) is 3.91. The van der Waals surface area contributed by atoms with Crippen LogP contribution in [0.1, 0.15) is 0 Å². The molecule has 0 spiro atoms. The van der Waals surface area contributed by atoms with E-state index in [0.717, 1.165) is 0 Å². The van der Waals surface area contributed by atoms with E-state index in [-0.39, 0.29) is 0 Å². The fraction of sp³-hybridized carbons (Fsp3) is 0. The molecule has 0 unspecified atom stereocenters. The lowest BCUT2D eigenvalue weighted by Crippen LogP contribution is -2.51. The monoisotopic (exact) mass is 349 g/mol. The summed E-state index contributed by atoms with van der Waals surface area (Å²) in [4.78, 5) is 3.54. The number of H-pyrrole nitrogens is 1. The van der Waals surface area contributed by atoms with Crippen molar-refractivity contribution >= 4 is 46.2 Å². The van der Waals surface area contributed by atoms with Crippen LogP contribution in [-0.4, -0.2) is 13.8 Å². The minimum Gasteiger partial charge on any atom is -0.355 e. The van der Waals surface area contributed by atoms with E-state index in [2.05, 4.69) is 108 Å². The first kappa shape index (κ1) is 15.2. The van der Waals surface area contributed by atoms with Gasteiger partial charge in [0.25, 0.3) is 0 Å². The molecule has 0 saturated carbocycles. The Labute approximate surface area is 154 Å². The van der Waals surface area contributed by atoms with Crippen molar-refractivity contribution in [1.82, 2.24) is 4.98 Å². The van der Waals surface area contributed by atoms with Gasteiger partial charge in [0.05, 0.1) is 0 Å². The molecule has 0 bridgehead atoms. The van der Waals surface area contributed by atoms with Crippen LogP contribution < -0.4 is 15.6 Å². The first-order chi connectivity index (χ1) is 12.9. The van der Waals surface area contributed by atoms with E-state index in [1.807, 2.05) is 0 Å². The summed E-state index contributed by atoms with van der Waals surface area (Å²) in [6, 6.07) is 37.5. The molecule has 1 nitrogen and oxygen atoms in total. The molecule has 0 fully saturated rings. The van der Waals surface area contributed by atoms with Gasteiger partial charge in [-0.05, 0) is 12.1 Å². The molecule has 26 heavy (non-hydrogen) atoms. The van der Waals surface area contributed by atoms with Crippen molar-refractivity contribution in [2.24, 2.45) is 0 Å².